The zero-order valence-electron chi connectivity index (χ0n) is 11.3. The summed E-state index contributed by atoms with van der Waals surface area (Å²) in [7, 11) is 0. The summed E-state index contributed by atoms with van der Waals surface area (Å²) in [5.41, 5.74) is 2.08. The zero-order chi connectivity index (χ0) is 14.9. The normalized spacial score (nSPS) is 12.1. The van der Waals surface area contributed by atoms with E-state index in [2.05, 4.69) is 0 Å². The predicted molar refractivity (Wildman–Crippen MR) is 75.4 cm³/mol. The number of aryl methyl sites for hydroxylation is 1. The molecule has 0 bridgehead atoms. The number of carboxylic acid groups (broad SMARTS) is 1. The minimum atomic E-state index is -1.15. The van der Waals surface area contributed by atoms with Gasteiger partial charge in [-0.2, -0.15) is 0 Å². The van der Waals surface area contributed by atoms with Crippen molar-refractivity contribution in [3.63, 3.8) is 0 Å². The first-order valence-electron chi connectivity index (χ1n) is 6.26. The first-order valence-corrected chi connectivity index (χ1v) is 6.26. The van der Waals surface area contributed by atoms with Gasteiger partial charge in [-0.15, -0.1) is 0 Å². The van der Waals surface area contributed by atoms with Crippen LogP contribution < -0.4 is 0 Å². The van der Waals surface area contributed by atoms with Crippen molar-refractivity contribution >= 4 is 5.97 Å². The van der Waals surface area contributed by atoms with E-state index < -0.39 is 5.97 Å². The summed E-state index contributed by atoms with van der Waals surface area (Å²) in [6, 6.07) is 9.87. The highest BCUT2D eigenvalue weighted by Gasteiger charge is 2.18. The van der Waals surface area contributed by atoms with Crippen LogP contribution in [0.5, 0.6) is 11.5 Å². The van der Waals surface area contributed by atoms with Gasteiger partial charge < -0.3 is 15.3 Å². The Bertz CT molecular complexity index is 662. The van der Waals surface area contributed by atoms with Crippen LogP contribution in [0.1, 0.15) is 39.9 Å². The minimum Gasteiger partial charge on any atom is -0.508 e. The number of carboxylic acids is 1. The second kappa shape index (κ2) is 5.25. The van der Waals surface area contributed by atoms with E-state index in [0.717, 1.165) is 11.1 Å². The lowest BCUT2D eigenvalue weighted by atomic mass is 9.90. The molecular weight excluding hydrogens is 256 g/mol. The van der Waals surface area contributed by atoms with Crippen molar-refractivity contribution in [1.82, 2.24) is 0 Å². The second-order valence-electron chi connectivity index (χ2n) is 4.82. The van der Waals surface area contributed by atoms with Crippen LogP contribution in [0.25, 0.3) is 0 Å². The fourth-order valence-electron chi connectivity index (χ4n) is 2.21. The van der Waals surface area contributed by atoms with Gasteiger partial charge in [-0.1, -0.05) is 31.2 Å². The molecule has 4 nitrogen and oxygen atoms in total. The van der Waals surface area contributed by atoms with Crippen LogP contribution in [0.2, 0.25) is 0 Å². The molecule has 2 aromatic carbocycles. The van der Waals surface area contributed by atoms with Crippen LogP contribution in [0.15, 0.2) is 36.4 Å². The van der Waals surface area contributed by atoms with Gasteiger partial charge in [0.15, 0.2) is 0 Å². The van der Waals surface area contributed by atoms with Crippen molar-refractivity contribution < 1.29 is 20.1 Å². The Balaban J connectivity index is 2.48. The van der Waals surface area contributed by atoms with E-state index in [4.69, 9.17) is 5.11 Å². The van der Waals surface area contributed by atoms with Gasteiger partial charge in [-0.3, -0.25) is 0 Å². The Labute approximate surface area is 116 Å². The Kier molecular flexibility index (Phi) is 3.66. The number of aromatic carboxylic acids is 1. The predicted octanol–water partition coefficient (Wildman–Crippen LogP) is 3.26. The molecule has 2 rings (SSSR count). The van der Waals surface area contributed by atoms with E-state index >= 15 is 0 Å². The highest BCUT2D eigenvalue weighted by atomic mass is 16.4. The number of hydrogen-bond acceptors (Lipinski definition) is 3. The molecule has 4 heteroatoms. The van der Waals surface area contributed by atoms with Gasteiger partial charge in [-0.05, 0) is 30.2 Å². The summed E-state index contributed by atoms with van der Waals surface area (Å²) >= 11 is 0. The minimum absolute atomic E-state index is 0.107. The lowest BCUT2D eigenvalue weighted by molar-refractivity contribution is 0.0693. The van der Waals surface area contributed by atoms with Crippen LogP contribution >= 0.6 is 0 Å². The largest absolute Gasteiger partial charge is 0.508 e. The summed E-state index contributed by atoms with van der Waals surface area (Å²) in [6.07, 6.45) is 0. The van der Waals surface area contributed by atoms with E-state index in [-0.39, 0.29) is 23.0 Å². The van der Waals surface area contributed by atoms with Gasteiger partial charge in [0.25, 0.3) is 0 Å². The Morgan fingerprint density at radius 2 is 1.85 bits per heavy atom. The number of phenolic OH excluding ortho intramolecular Hbond substituents is 1. The van der Waals surface area contributed by atoms with Gasteiger partial charge in [0.2, 0.25) is 0 Å². The molecule has 104 valence electrons. The topological polar surface area (TPSA) is 77.8 Å². The summed E-state index contributed by atoms with van der Waals surface area (Å²) in [5.74, 6) is -1.32. The zero-order valence-corrected chi connectivity index (χ0v) is 11.3. The number of rotatable bonds is 3. The fourth-order valence-corrected chi connectivity index (χ4v) is 2.21. The highest BCUT2D eigenvalue weighted by molar-refractivity contribution is 5.91. The average Bonchev–Trinajstić information content (AvgIpc) is 2.41. The molecule has 20 heavy (non-hydrogen) atoms. The number of carbonyl (C=O) groups is 1. The van der Waals surface area contributed by atoms with Crippen molar-refractivity contribution in [2.75, 3.05) is 0 Å². The highest BCUT2D eigenvalue weighted by Crippen LogP contribution is 2.34. The molecule has 0 fully saturated rings. The van der Waals surface area contributed by atoms with E-state index in [1.807, 2.05) is 13.0 Å². The van der Waals surface area contributed by atoms with Crippen molar-refractivity contribution in [2.24, 2.45) is 0 Å². The number of para-hydroxylation sites is 1. The summed E-state index contributed by atoms with van der Waals surface area (Å²) < 4.78 is 0. The van der Waals surface area contributed by atoms with Crippen molar-refractivity contribution in [3.8, 4) is 11.5 Å². The molecule has 0 heterocycles. The van der Waals surface area contributed by atoms with E-state index in [1.54, 1.807) is 31.2 Å². The second-order valence-corrected chi connectivity index (χ2v) is 4.82. The molecule has 2 aromatic rings. The van der Waals surface area contributed by atoms with Gasteiger partial charge in [0.05, 0.1) is 0 Å². The lowest BCUT2D eigenvalue weighted by Crippen LogP contribution is -2.02. The monoisotopic (exact) mass is 272 g/mol. The van der Waals surface area contributed by atoms with Crippen molar-refractivity contribution in [3.05, 3.63) is 58.7 Å². The molecule has 3 N–H and O–H groups in total. The van der Waals surface area contributed by atoms with Gasteiger partial charge >= 0.3 is 5.97 Å². The van der Waals surface area contributed by atoms with Crippen molar-refractivity contribution in [1.29, 1.82) is 0 Å². The lowest BCUT2D eigenvalue weighted by Gasteiger charge is -2.16. The third-order valence-corrected chi connectivity index (χ3v) is 3.48. The number of phenols is 2. The molecule has 0 radical (unpaired) electrons. The molecule has 0 amide bonds. The first-order chi connectivity index (χ1) is 9.41. The third kappa shape index (κ3) is 2.45. The molecule has 0 aliphatic rings. The molecule has 1 unspecified atom stereocenters. The number of benzene rings is 2. The van der Waals surface area contributed by atoms with Crippen LogP contribution in [-0.2, 0) is 0 Å². The van der Waals surface area contributed by atoms with Crippen molar-refractivity contribution in [2.45, 2.75) is 19.8 Å². The Morgan fingerprint density at radius 1 is 1.15 bits per heavy atom. The Morgan fingerprint density at radius 3 is 2.45 bits per heavy atom. The molecule has 0 saturated carbocycles. The first kappa shape index (κ1) is 13.9. The number of hydrogen-bond donors (Lipinski definition) is 3. The standard InChI is InChI=1S/C16H16O4/c1-9-8-11(6-7-14(9)17)10(2)12-4-3-5-13(15(12)18)16(19)20/h3-8,10,17-18H,1-2H3,(H,19,20). The van der Waals surface area contributed by atoms with Crippen LogP contribution in [0.3, 0.4) is 0 Å². The van der Waals surface area contributed by atoms with Gasteiger partial charge in [0.1, 0.15) is 17.1 Å². The van der Waals surface area contributed by atoms with Gasteiger partial charge in [-0.25, -0.2) is 4.79 Å². The summed E-state index contributed by atoms with van der Waals surface area (Å²) in [5, 5.41) is 28.7. The average molecular weight is 272 g/mol. The quantitative estimate of drug-likeness (QED) is 0.801. The van der Waals surface area contributed by atoms with Crippen LogP contribution in [-0.4, -0.2) is 21.3 Å². The maximum absolute atomic E-state index is 11.0. The molecule has 0 aliphatic heterocycles. The SMILES string of the molecule is Cc1cc(C(C)c2cccc(C(=O)O)c2O)ccc1O. The van der Waals surface area contributed by atoms with Gasteiger partial charge in [0, 0.05) is 11.5 Å². The van der Waals surface area contributed by atoms with E-state index in [0.29, 0.717) is 5.56 Å². The number of aromatic hydroxyl groups is 2. The maximum Gasteiger partial charge on any atom is 0.339 e. The summed E-state index contributed by atoms with van der Waals surface area (Å²) in [4.78, 5) is 11.0. The Hall–Kier alpha value is -2.49. The molecule has 0 spiro atoms. The smallest absolute Gasteiger partial charge is 0.339 e. The molecular formula is C16H16O4. The summed E-state index contributed by atoms with van der Waals surface area (Å²) in [6.45, 7) is 3.67. The van der Waals surface area contributed by atoms with E-state index in [9.17, 15) is 15.0 Å². The third-order valence-electron chi connectivity index (χ3n) is 3.48. The molecule has 0 aromatic heterocycles. The fraction of sp³-hybridized carbons (Fsp3) is 0.188. The van der Waals surface area contributed by atoms with Crippen LogP contribution in [0, 0.1) is 6.92 Å². The van der Waals surface area contributed by atoms with Crippen LogP contribution in [0.4, 0.5) is 0 Å². The molecule has 0 saturated heterocycles. The molecule has 1 atom stereocenters. The van der Waals surface area contributed by atoms with E-state index in [1.165, 1.54) is 6.07 Å². The molecule has 0 aliphatic carbocycles. The maximum atomic E-state index is 11.0.